The van der Waals surface area contributed by atoms with Gasteiger partial charge >= 0.3 is 5.97 Å². The van der Waals surface area contributed by atoms with E-state index in [0.29, 0.717) is 17.0 Å². The highest BCUT2D eigenvalue weighted by molar-refractivity contribution is 6.32. The standard InChI is InChI=1S/C16H15ClN2O4/c1-10(15(20)19-13-4-3-9-18-14(13)17)23-16(21)11-5-7-12(22-2)8-6-11/h3-10H,1-2H3,(H,19,20). The summed E-state index contributed by atoms with van der Waals surface area (Å²) in [4.78, 5) is 27.9. The van der Waals surface area contributed by atoms with Crippen molar-refractivity contribution in [2.24, 2.45) is 0 Å². The van der Waals surface area contributed by atoms with Gasteiger partial charge in [-0.15, -0.1) is 0 Å². The molecule has 1 heterocycles. The van der Waals surface area contributed by atoms with Crippen LogP contribution in [0.1, 0.15) is 17.3 Å². The average molecular weight is 335 g/mol. The molecule has 1 aromatic heterocycles. The molecular weight excluding hydrogens is 320 g/mol. The summed E-state index contributed by atoms with van der Waals surface area (Å²) >= 11 is 5.86. The molecule has 1 aromatic carbocycles. The molecule has 2 aromatic rings. The zero-order chi connectivity index (χ0) is 16.8. The highest BCUT2D eigenvalue weighted by atomic mass is 35.5. The Hall–Kier alpha value is -2.60. The molecular formula is C16H15ClN2O4. The molecule has 1 amide bonds. The van der Waals surface area contributed by atoms with E-state index in [1.807, 2.05) is 0 Å². The van der Waals surface area contributed by atoms with Crippen LogP contribution in [-0.2, 0) is 9.53 Å². The molecule has 7 heteroatoms. The molecule has 6 nitrogen and oxygen atoms in total. The van der Waals surface area contributed by atoms with E-state index in [1.54, 1.807) is 36.4 Å². The van der Waals surface area contributed by atoms with Crippen LogP contribution < -0.4 is 10.1 Å². The van der Waals surface area contributed by atoms with Gasteiger partial charge in [-0.1, -0.05) is 11.6 Å². The molecule has 1 unspecified atom stereocenters. The van der Waals surface area contributed by atoms with Crippen molar-refractivity contribution in [2.45, 2.75) is 13.0 Å². The minimum absolute atomic E-state index is 0.162. The number of esters is 1. The highest BCUT2D eigenvalue weighted by Crippen LogP contribution is 2.18. The number of hydrogen-bond acceptors (Lipinski definition) is 5. The molecule has 0 saturated heterocycles. The largest absolute Gasteiger partial charge is 0.497 e. The highest BCUT2D eigenvalue weighted by Gasteiger charge is 2.20. The van der Waals surface area contributed by atoms with Crippen molar-refractivity contribution in [2.75, 3.05) is 12.4 Å². The Balaban J connectivity index is 1.97. The molecule has 2 rings (SSSR count). The molecule has 0 radical (unpaired) electrons. The van der Waals surface area contributed by atoms with Gasteiger partial charge in [-0.2, -0.15) is 0 Å². The summed E-state index contributed by atoms with van der Waals surface area (Å²) in [7, 11) is 1.53. The van der Waals surface area contributed by atoms with E-state index < -0.39 is 18.0 Å². The Labute approximate surface area is 138 Å². The van der Waals surface area contributed by atoms with Gasteiger partial charge in [-0.25, -0.2) is 9.78 Å². The second-order valence-corrected chi connectivity index (χ2v) is 4.97. The SMILES string of the molecule is COc1ccc(C(=O)OC(C)C(=O)Nc2cccnc2Cl)cc1. The fourth-order valence-electron chi connectivity index (χ4n) is 1.72. The number of ether oxygens (including phenoxy) is 2. The Kier molecular flexibility index (Phi) is 5.54. The van der Waals surface area contributed by atoms with Crippen LogP contribution in [0.25, 0.3) is 0 Å². The minimum Gasteiger partial charge on any atom is -0.497 e. The van der Waals surface area contributed by atoms with Crippen LogP contribution in [0.4, 0.5) is 5.69 Å². The van der Waals surface area contributed by atoms with Crippen LogP contribution in [0.5, 0.6) is 5.75 Å². The lowest BCUT2D eigenvalue weighted by Gasteiger charge is -2.14. The summed E-state index contributed by atoms with van der Waals surface area (Å²) in [5.74, 6) is -0.479. The Morgan fingerprint density at radius 3 is 2.52 bits per heavy atom. The third-order valence-corrected chi connectivity index (χ3v) is 3.30. The lowest BCUT2D eigenvalue weighted by molar-refractivity contribution is -0.123. The van der Waals surface area contributed by atoms with Gasteiger partial charge in [0.25, 0.3) is 5.91 Å². The summed E-state index contributed by atoms with van der Waals surface area (Å²) in [6, 6.07) is 9.63. The number of anilines is 1. The summed E-state index contributed by atoms with van der Waals surface area (Å²) in [5, 5.41) is 2.72. The molecule has 0 saturated carbocycles. The van der Waals surface area contributed by atoms with E-state index in [0.717, 1.165) is 0 Å². The number of rotatable bonds is 5. The third kappa shape index (κ3) is 4.43. The predicted octanol–water partition coefficient (Wildman–Crippen LogP) is 2.93. The zero-order valence-electron chi connectivity index (χ0n) is 12.6. The zero-order valence-corrected chi connectivity index (χ0v) is 13.3. The van der Waals surface area contributed by atoms with Gasteiger partial charge in [-0.05, 0) is 43.3 Å². The van der Waals surface area contributed by atoms with Crippen molar-refractivity contribution in [3.05, 3.63) is 53.3 Å². The molecule has 1 N–H and O–H groups in total. The van der Waals surface area contributed by atoms with Gasteiger partial charge < -0.3 is 14.8 Å². The molecule has 0 aliphatic carbocycles. The maximum atomic E-state index is 12.0. The quantitative estimate of drug-likeness (QED) is 0.672. The first kappa shape index (κ1) is 16.8. The Morgan fingerprint density at radius 2 is 1.91 bits per heavy atom. The van der Waals surface area contributed by atoms with Crippen LogP contribution in [0.2, 0.25) is 5.15 Å². The van der Waals surface area contributed by atoms with E-state index >= 15 is 0 Å². The number of methoxy groups -OCH3 is 1. The molecule has 0 spiro atoms. The Bertz CT molecular complexity index is 703. The van der Waals surface area contributed by atoms with Crippen LogP contribution in [0.3, 0.4) is 0 Å². The predicted molar refractivity (Wildman–Crippen MR) is 85.7 cm³/mol. The van der Waals surface area contributed by atoms with Crippen molar-refractivity contribution in [1.29, 1.82) is 0 Å². The number of nitrogens with zero attached hydrogens (tertiary/aromatic N) is 1. The summed E-state index contributed by atoms with van der Waals surface area (Å²) in [6.07, 6.45) is 0.520. The van der Waals surface area contributed by atoms with Gasteiger partial charge in [0.15, 0.2) is 11.3 Å². The molecule has 0 aliphatic heterocycles. The van der Waals surface area contributed by atoms with E-state index in [4.69, 9.17) is 21.1 Å². The van der Waals surface area contributed by atoms with Gasteiger partial charge in [-0.3, -0.25) is 4.79 Å². The minimum atomic E-state index is -0.985. The summed E-state index contributed by atoms with van der Waals surface area (Å²) < 4.78 is 10.1. The van der Waals surface area contributed by atoms with Crippen LogP contribution in [-0.4, -0.2) is 30.1 Å². The maximum absolute atomic E-state index is 12.0. The lowest BCUT2D eigenvalue weighted by Crippen LogP contribution is -2.30. The topological polar surface area (TPSA) is 77.5 Å². The fraction of sp³-hybridized carbons (Fsp3) is 0.188. The summed E-state index contributed by atoms with van der Waals surface area (Å²) in [6.45, 7) is 1.47. The van der Waals surface area contributed by atoms with Crippen molar-refractivity contribution in [1.82, 2.24) is 4.98 Å². The van der Waals surface area contributed by atoms with Gasteiger partial charge in [0.05, 0.1) is 18.4 Å². The van der Waals surface area contributed by atoms with Crippen molar-refractivity contribution >= 4 is 29.2 Å². The number of aromatic nitrogens is 1. The van der Waals surface area contributed by atoms with Crippen LogP contribution in [0, 0.1) is 0 Å². The molecule has 120 valence electrons. The van der Waals surface area contributed by atoms with Gasteiger partial charge in [0, 0.05) is 6.20 Å². The summed E-state index contributed by atoms with van der Waals surface area (Å²) in [5.41, 5.74) is 0.677. The smallest absolute Gasteiger partial charge is 0.338 e. The normalized spacial score (nSPS) is 11.4. The van der Waals surface area contributed by atoms with Crippen LogP contribution >= 0.6 is 11.6 Å². The number of amides is 1. The number of halogens is 1. The van der Waals surface area contributed by atoms with E-state index in [9.17, 15) is 9.59 Å². The first-order valence-corrected chi connectivity index (χ1v) is 7.15. The molecule has 0 fully saturated rings. The molecule has 1 atom stereocenters. The van der Waals surface area contributed by atoms with Gasteiger partial charge in [0.2, 0.25) is 0 Å². The van der Waals surface area contributed by atoms with Gasteiger partial charge in [0.1, 0.15) is 5.75 Å². The van der Waals surface area contributed by atoms with Crippen molar-refractivity contribution in [3.8, 4) is 5.75 Å². The van der Waals surface area contributed by atoms with Crippen molar-refractivity contribution in [3.63, 3.8) is 0 Å². The number of carbonyl (C=O) groups excluding carboxylic acids is 2. The second kappa shape index (κ2) is 7.60. The number of benzene rings is 1. The lowest BCUT2D eigenvalue weighted by atomic mass is 10.2. The third-order valence-electron chi connectivity index (χ3n) is 3.00. The molecule has 23 heavy (non-hydrogen) atoms. The first-order valence-electron chi connectivity index (χ1n) is 6.77. The maximum Gasteiger partial charge on any atom is 0.338 e. The first-order chi connectivity index (χ1) is 11.0. The number of pyridine rings is 1. The van der Waals surface area contributed by atoms with Crippen LogP contribution in [0.15, 0.2) is 42.6 Å². The molecule has 0 aliphatic rings. The van der Waals surface area contributed by atoms with E-state index in [2.05, 4.69) is 10.3 Å². The number of nitrogens with one attached hydrogen (secondary N) is 1. The van der Waals surface area contributed by atoms with E-state index in [-0.39, 0.29) is 5.15 Å². The molecule has 0 bridgehead atoms. The average Bonchev–Trinajstić information content (AvgIpc) is 2.56. The number of carbonyl (C=O) groups is 2. The number of hydrogen-bond donors (Lipinski definition) is 1. The second-order valence-electron chi connectivity index (χ2n) is 4.61. The Morgan fingerprint density at radius 1 is 1.22 bits per heavy atom. The monoisotopic (exact) mass is 334 g/mol. The van der Waals surface area contributed by atoms with E-state index in [1.165, 1.54) is 20.2 Å². The van der Waals surface area contributed by atoms with Crippen molar-refractivity contribution < 1.29 is 19.1 Å². The fourth-order valence-corrected chi connectivity index (χ4v) is 1.89.